The van der Waals surface area contributed by atoms with Crippen LogP contribution in [-0.4, -0.2) is 140 Å². The minimum Gasteiger partial charge on any atom is -0.394 e. The second-order valence-electron chi connectivity index (χ2n) is 25.0. The van der Waals surface area contributed by atoms with Crippen molar-refractivity contribution >= 4 is 5.91 Å². The highest BCUT2D eigenvalue weighted by atomic mass is 16.7. The van der Waals surface area contributed by atoms with Gasteiger partial charge in [0.05, 0.1) is 32.0 Å². The van der Waals surface area contributed by atoms with Gasteiger partial charge in [-0.1, -0.05) is 282 Å². The lowest BCUT2D eigenvalue weighted by molar-refractivity contribution is -0.359. The van der Waals surface area contributed by atoms with Gasteiger partial charge in [0.15, 0.2) is 12.6 Å². The molecule has 2 aliphatic heterocycles. The number of hydrogen-bond acceptors (Lipinski definition) is 13. The van der Waals surface area contributed by atoms with Crippen LogP contribution < -0.4 is 5.32 Å². The zero-order valence-corrected chi connectivity index (χ0v) is 57.2. The Morgan fingerprint density at radius 2 is 0.761 bits per heavy atom. The number of aliphatic hydroxyl groups is 8. The molecule has 0 bridgehead atoms. The van der Waals surface area contributed by atoms with Crippen molar-refractivity contribution < 1.29 is 64.6 Å². The van der Waals surface area contributed by atoms with Crippen LogP contribution >= 0.6 is 0 Å². The van der Waals surface area contributed by atoms with Gasteiger partial charge in [-0.2, -0.15) is 0 Å². The Balaban J connectivity index is 1.61. The fourth-order valence-electron chi connectivity index (χ4n) is 11.1. The van der Waals surface area contributed by atoms with Crippen molar-refractivity contribution in [1.82, 2.24) is 5.32 Å². The number of nitrogens with one attached hydrogen (secondary N) is 1. The van der Waals surface area contributed by atoms with Crippen molar-refractivity contribution in [3.63, 3.8) is 0 Å². The zero-order chi connectivity index (χ0) is 66.6. The van der Waals surface area contributed by atoms with Gasteiger partial charge in [0.25, 0.3) is 0 Å². The maximum Gasteiger partial charge on any atom is 0.220 e. The number of ether oxygens (including phenoxy) is 4. The second-order valence-corrected chi connectivity index (χ2v) is 25.0. The van der Waals surface area contributed by atoms with Crippen LogP contribution in [0.2, 0.25) is 0 Å². The number of aliphatic hydroxyl groups excluding tert-OH is 8. The molecule has 0 aromatic carbocycles. The summed E-state index contributed by atoms with van der Waals surface area (Å²) >= 11 is 0. The monoisotopic (exact) mass is 1290 g/mol. The average molecular weight is 1290 g/mol. The van der Waals surface area contributed by atoms with Crippen molar-refractivity contribution in [3.8, 4) is 0 Å². The molecule has 9 N–H and O–H groups in total. The summed E-state index contributed by atoms with van der Waals surface area (Å²) < 4.78 is 22.8. The molecular weight excluding hydrogens is 1160 g/mol. The summed E-state index contributed by atoms with van der Waals surface area (Å²) in [5, 5.41) is 87.4. The van der Waals surface area contributed by atoms with Gasteiger partial charge in [0.1, 0.15) is 48.8 Å². The van der Waals surface area contributed by atoms with E-state index in [2.05, 4.69) is 141 Å². The van der Waals surface area contributed by atoms with Crippen LogP contribution in [0.5, 0.6) is 0 Å². The highest BCUT2D eigenvalue weighted by Gasteiger charge is 2.51. The Labute approximate surface area is 558 Å². The van der Waals surface area contributed by atoms with Crippen LogP contribution in [0, 0.1) is 0 Å². The van der Waals surface area contributed by atoms with Gasteiger partial charge in [-0.15, -0.1) is 0 Å². The molecule has 0 saturated carbocycles. The molecule has 1 amide bonds. The van der Waals surface area contributed by atoms with E-state index >= 15 is 0 Å². The highest BCUT2D eigenvalue weighted by Crippen LogP contribution is 2.30. The van der Waals surface area contributed by atoms with Gasteiger partial charge in [0, 0.05) is 6.42 Å². The molecule has 2 fully saturated rings. The van der Waals surface area contributed by atoms with E-state index in [1.165, 1.54) is 128 Å². The topological polar surface area (TPSA) is 228 Å². The molecule has 2 rings (SSSR count). The van der Waals surface area contributed by atoms with Crippen LogP contribution in [-0.2, 0) is 23.7 Å². The lowest BCUT2D eigenvalue weighted by Gasteiger charge is -2.46. The van der Waals surface area contributed by atoms with Gasteiger partial charge in [-0.3, -0.25) is 4.79 Å². The number of unbranched alkanes of at least 4 members (excludes halogenated alkanes) is 25. The second kappa shape index (κ2) is 60.8. The number of amides is 1. The predicted octanol–water partition coefficient (Wildman–Crippen LogP) is 15.5. The van der Waals surface area contributed by atoms with Crippen LogP contribution in [0.4, 0.5) is 0 Å². The lowest BCUT2D eigenvalue weighted by atomic mass is 9.97. The molecule has 2 saturated heterocycles. The minimum atomic E-state index is -1.80. The number of carbonyl (C=O) groups is 1. The average Bonchev–Trinajstić information content (AvgIpc) is 0.856. The fraction of sp³-hybridized carbons (Fsp3) is 0.705. The normalized spacial score (nSPS) is 23.5. The maximum absolute atomic E-state index is 13.3. The van der Waals surface area contributed by atoms with E-state index in [1.54, 1.807) is 6.08 Å². The van der Waals surface area contributed by atoms with Gasteiger partial charge in [-0.25, -0.2) is 0 Å². The van der Waals surface area contributed by atoms with Crippen LogP contribution in [0.3, 0.4) is 0 Å². The molecule has 14 nitrogen and oxygen atoms in total. The van der Waals surface area contributed by atoms with Gasteiger partial charge < -0.3 is 65.1 Å². The third kappa shape index (κ3) is 44.0. The number of rotatable bonds is 58. The molecule has 12 unspecified atom stereocenters. The summed E-state index contributed by atoms with van der Waals surface area (Å²) in [4.78, 5) is 13.3. The molecule has 2 heterocycles. The van der Waals surface area contributed by atoms with E-state index in [4.69, 9.17) is 18.9 Å². The largest absolute Gasteiger partial charge is 0.394 e. The minimum absolute atomic E-state index is 0.254. The van der Waals surface area contributed by atoms with Crippen molar-refractivity contribution in [1.29, 1.82) is 0 Å². The Hall–Kier alpha value is -3.87. The summed E-state index contributed by atoms with van der Waals surface area (Å²) in [6.07, 6.45) is 73.7. The summed E-state index contributed by atoms with van der Waals surface area (Å²) in [5.41, 5.74) is 0. The summed E-state index contributed by atoms with van der Waals surface area (Å²) in [6.45, 7) is 2.67. The Kier molecular flexibility index (Phi) is 55.6. The molecular formula is C78H131NO13. The van der Waals surface area contributed by atoms with E-state index in [0.717, 1.165) is 96.3 Å². The number of allylic oxidation sites excluding steroid dienone is 21. The molecule has 92 heavy (non-hydrogen) atoms. The Morgan fingerprint density at radius 1 is 0.402 bits per heavy atom. The first kappa shape index (κ1) is 84.2. The van der Waals surface area contributed by atoms with Gasteiger partial charge in [0.2, 0.25) is 5.91 Å². The molecule has 0 aliphatic carbocycles. The maximum atomic E-state index is 13.3. The molecule has 14 heteroatoms. The van der Waals surface area contributed by atoms with Gasteiger partial charge >= 0.3 is 0 Å². The first-order valence-electron chi connectivity index (χ1n) is 36.4. The van der Waals surface area contributed by atoms with E-state index in [-0.39, 0.29) is 18.9 Å². The summed E-state index contributed by atoms with van der Waals surface area (Å²) in [5.74, 6) is -0.254. The zero-order valence-electron chi connectivity index (χ0n) is 57.2. The van der Waals surface area contributed by atoms with E-state index in [1.807, 2.05) is 6.08 Å². The smallest absolute Gasteiger partial charge is 0.220 e. The van der Waals surface area contributed by atoms with Crippen LogP contribution in [0.25, 0.3) is 0 Å². The Morgan fingerprint density at radius 3 is 1.20 bits per heavy atom. The SMILES string of the molecule is CC/C=C\C/C=C\C/C=C\C/C=C\C/C=C\C/C=C\C/C=C\C/C=C\C/C=C\CCCCCCCCCCCCCCCC(=O)NC(COC1OC(CO)C(OC2OC(CO)C(O)C(O)C2O)C(O)C1O)C(O)/C=C/CC/C=C/CCCCCCCCCCCCC. The molecule has 12 atom stereocenters. The standard InChI is InChI=1S/C78H131NO13/c1-3-5-7-9-11-13-15-17-19-21-22-23-24-25-26-27-28-29-30-31-32-33-34-35-36-37-38-39-40-41-42-43-44-46-48-50-52-54-56-58-60-62-70(83)79-66(67(82)61-59-57-55-53-51-49-47-45-20-18-16-14-12-10-8-6-4-2)65-89-77-75(88)73(86)76(69(64-81)91-77)92-78-74(87)72(85)71(84)68(63-80)90-78/h5,7,11,13,17,19,22-23,25-26,28-29,31-32,34-35,37-38,51,53,59,61,66-69,71-78,80-82,84-88H,3-4,6,8-10,12,14-16,18,20-21,24,27,30,33,36,39-50,52,54-58,60,62-65H2,1-2H3,(H,79,83)/b7-5-,13-11-,19-17-,23-22-,26-25-,29-28-,32-31-,35-34-,38-37-,53-51+,61-59+. The van der Waals surface area contributed by atoms with E-state index in [9.17, 15) is 45.6 Å². The van der Waals surface area contributed by atoms with Crippen molar-refractivity contribution in [2.45, 2.75) is 331 Å². The van der Waals surface area contributed by atoms with Crippen molar-refractivity contribution in [3.05, 3.63) is 134 Å². The highest BCUT2D eigenvalue weighted by molar-refractivity contribution is 5.76. The van der Waals surface area contributed by atoms with E-state index in [0.29, 0.717) is 12.8 Å². The summed E-state index contributed by atoms with van der Waals surface area (Å²) in [6, 6.07) is -0.940. The Bertz CT molecular complexity index is 2060. The van der Waals surface area contributed by atoms with Crippen molar-refractivity contribution in [2.24, 2.45) is 0 Å². The quantitative estimate of drug-likeness (QED) is 0.0204. The van der Waals surface area contributed by atoms with E-state index < -0.39 is 86.8 Å². The predicted molar refractivity (Wildman–Crippen MR) is 378 cm³/mol. The molecule has 2 aliphatic rings. The van der Waals surface area contributed by atoms with Gasteiger partial charge in [-0.05, 0) is 103 Å². The first-order valence-corrected chi connectivity index (χ1v) is 36.4. The lowest BCUT2D eigenvalue weighted by Crippen LogP contribution is -2.65. The molecule has 526 valence electrons. The third-order valence-corrected chi connectivity index (χ3v) is 16.8. The fourth-order valence-corrected chi connectivity index (χ4v) is 11.1. The number of hydrogen-bond donors (Lipinski definition) is 9. The van der Waals surface area contributed by atoms with Crippen LogP contribution in [0.1, 0.15) is 258 Å². The third-order valence-electron chi connectivity index (χ3n) is 16.8. The van der Waals surface area contributed by atoms with Crippen LogP contribution in [0.15, 0.2) is 134 Å². The molecule has 0 spiro atoms. The number of carbonyl (C=O) groups excluding carboxylic acids is 1. The van der Waals surface area contributed by atoms with Crippen molar-refractivity contribution in [2.75, 3.05) is 19.8 Å². The molecule has 0 aromatic heterocycles. The molecule has 0 aromatic rings. The molecule has 0 radical (unpaired) electrons. The first-order chi connectivity index (χ1) is 45.1. The summed E-state index contributed by atoms with van der Waals surface area (Å²) in [7, 11) is 0.